The molecule has 1 aromatic heterocycles. The van der Waals surface area contributed by atoms with E-state index in [1.54, 1.807) is 20.4 Å². The van der Waals surface area contributed by atoms with Gasteiger partial charge >= 0.3 is 0 Å². The Morgan fingerprint density at radius 3 is 2.32 bits per heavy atom. The average Bonchev–Trinajstić information content (AvgIpc) is 2.55. The molecule has 112 valence electrons. The molecule has 3 aromatic rings. The van der Waals surface area contributed by atoms with Gasteiger partial charge in [0.1, 0.15) is 0 Å². The van der Waals surface area contributed by atoms with Crippen molar-refractivity contribution in [3.05, 3.63) is 48.2 Å². The van der Waals surface area contributed by atoms with Crippen LogP contribution in [0.5, 0.6) is 11.5 Å². The maximum Gasteiger partial charge on any atom is 0.227 e. The van der Waals surface area contributed by atoms with Gasteiger partial charge in [0, 0.05) is 23.3 Å². The third-order valence-electron chi connectivity index (χ3n) is 3.39. The van der Waals surface area contributed by atoms with Gasteiger partial charge in [-0.05, 0) is 25.1 Å². The first-order valence-corrected chi connectivity index (χ1v) is 6.92. The highest BCUT2D eigenvalue weighted by atomic mass is 16.5. The summed E-state index contributed by atoms with van der Waals surface area (Å²) in [4.78, 5) is 8.86. The summed E-state index contributed by atoms with van der Waals surface area (Å²) in [6, 6.07) is 11.8. The number of fused-ring (bicyclic) bond motifs is 1. The highest BCUT2D eigenvalue weighted by Crippen LogP contribution is 2.31. The zero-order chi connectivity index (χ0) is 15.5. The summed E-state index contributed by atoms with van der Waals surface area (Å²) in [5, 5.41) is 4.09. The summed E-state index contributed by atoms with van der Waals surface area (Å²) in [6.07, 6.45) is 1.76. The van der Waals surface area contributed by atoms with E-state index in [1.165, 1.54) is 5.56 Å². The number of aromatic nitrogens is 2. The number of nitrogens with zero attached hydrogens (tertiary/aromatic N) is 2. The molecule has 3 rings (SSSR count). The highest BCUT2D eigenvalue weighted by Gasteiger charge is 2.08. The molecule has 0 aliphatic carbocycles. The summed E-state index contributed by atoms with van der Waals surface area (Å²) in [5.74, 6) is 1.86. The van der Waals surface area contributed by atoms with E-state index in [1.807, 2.05) is 36.4 Å². The molecule has 0 fully saturated rings. The zero-order valence-corrected chi connectivity index (χ0v) is 12.8. The first kappa shape index (κ1) is 14.1. The third-order valence-corrected chi connectivity index (χ3v) is 3.39. The molecular formula is C17H17N3O2. The van der Waals surface area contributed by atoms with Crippen LogP contribution in [0.15, 0.2) is 42.6 Å². The second-order valence-corrected chi connectivity index (χ2v) is 4.95. The van der Waals surface area contributed by atoms with Crippen molar-refractivity contribution in [3.63, 3.8) is 0 Å². The molecule has 0 saturated heterocycles. The fourth-order valence-electron chi connectivity index (χ4n) is 2.18. The van der Waals surface area contributed by atoms with Gasteiger partial charge in [-0.25, -0.2) is 9.97 Å². The van der Waals surface area contributed by atoms with Gasteiger partial charge in [0.25, 0.3) is 0 Å². The van der Waals surface area contributed by atoms with Gasteiger partial charge in [-0.1, -0.05) is 17.7 Å². The molecular weight excluding hydrogens is 278 g/mol. The number of ether oxygens (including phenoxy) is 2. The van der Waals surface area contributed by atoms with E-state index in [9.17, 15) is 0 Å². The van der Waals surface area contributed by atoms with Crippen LogP contribution in [-0.4, -0.2) is 24.2 Å². The van der Waals surface area contributed by atoms with Crippen molar-refractivity contribution in [1.29, 1.82) is 0 Å². The molecule has 0 unspecified atom stereocenters. The lowest BCUT2D eigenvalue weighted by molar-refractivity contribution is 0.356. The number of anilines is 2. The van der Waals surface area contributed by atoms with Crippen LogP contribution in [0.1, 0.15) is 5.56 Å². The predicted octanol–water partition coefficient (Wildman–Crippen LogP) is 3.70. The van der Waals surface area contributed by atoms with Gasteiger partial charge in [0.05, 0.1) is 19.7 Å². The SMILES string of the molecule is COc1cc2cnc(Nc3ccc(C)cc3)nc2cc1OC. The number of rotatable bonds is 4. The minimum atomic E-state index is 0.545. The summed E-state index contributed by atoms with van der Waals surface area (Å²) in [6.45, 7) is 2.05. The Morgan fingerprint density at radius 2 is 1.64 bits per heavy atom. The summed E-state index contributed by atoms with van der Waals surface area (Å²) in [5.41, 5.74) is 2.95. The summed E-state index contributed by atoms with van der Waals surface area (Å²) < 4.78 is 10.6. The van der Waals surface area contributed by atoms with Gasteiger partial charge < -0.3 is 14.8 Å². The molecule has 1 heterocycles. The van der Waals surface area contributed by atoms with Gasteiger partial charge in [-0.15, -0.1) is 0 Å². The van der Waals surface area contributed by atoms with E-state index in [4.69, 9.17) is 9.47 Å². The minimum absolute atomic E-state index is 0.545. The van der Waals surface area contributed by atoms with E-state index in [-0.39, 0.29) is 0 Å². The molecule has 22 heavy (non-hydrogen) atoms. The lowest BCUT2D eigenvalue weighted by Gasteiger charge is -2.10. The van der Waals surface area contributed by atoms with Crippen molar-refractivity contribution >= 4 is 22.5 Å². The van der Waals surface area contributed by atoms with Crippen LogP contribution in [0, 0.1) is 6.92 Å². The van der Waals surface area contributed by atoms with Crippen molar-refractivity contribution in [2.24, 2.45) is 0 Å². The molecule has 0 spiro atoms. The quantitative estimate of drug-likeness (QED) is 0.795. The normalized spacial score (nSPS) is 10.5. The Kier molecular flexibility index (Phi) is 3.78. The third kappa shape index (κ3) is 2.79. The Balaban J connectivity index is 1.96. The van der Waals surface area contributed by atoms with Crippen molar-refractivity contribution in [1.82, 2.24) is 9.97 Å². The molecule has 0 aliphatic heterocycles. The Labute approximate surface area is 128 Å². The van der Waals surface area contributed by atoms with Crippen LogP contribution in [0.3, 0.4) is 0 Å². The maximum atomic E-state index is 5.31. The molecule has 0 bridgehead atoms. The Bertz CT molecular complexity index is 801. The average molecular weight is 295 g/mol. The monoisotopic (exact) mass is 295 g/mol. The molecule has 0 radical (unpaired) electrons. The molecule has 1 N–H and O–H groups in total. The maximum absolute atomic E-state index is 5.31. The van der Waals surface area contributed by atoms with Gasteiger partial charge in [-0.3, -0.25) is 0 Å². The fraction of sp³-hybridized carbons (Fsp3) is 0.176. The van der Waals surface area contributed by atoms with Crippen LogP contribution >= 0.6 is 0 Å². The fourth-order valence-corrected chi connectivity index (χ4v) is 2.18. The van der Waals surface area contributed by atoms with Crippen LogP contribution in [0.2, 0.25) is 0 Å². The van der Waals surface area contributed by atoms with Crippen LogP contribution < -0.4 is 14.8 Å². The summed E-state index contributed by atoms with van der Waals surface area (Å²) >= 11 is 0. The van der Waals surface area contributed by atoms with Crippen molar-refractivity contribution < 1.29 is 9.47 Å². The largest absolute Gasteiger partial charge is 0.493 e. The van der Waals surface area contributed by atoms with Gasteiger partial charge in [-0.2, -0.15) is 0 Å². The van der Waals surface area contributed by atoms with E-state index in [0.717, 1.165) is 16.6 Å². The Hall–Kier alpha value is -2.82. The second kappa shape index (κ2) is 5.89. The number of methoxy groups -OCH3 is 2. The number of aryl methyl sites for hydroxylation is 1. The van der Waals surface area contributed by atoms with E-state index < -0.39 is 0 Å². The van der Waals surface area contributed by atoms with Crippen molar-refractivity contribution in [3.8, 4) is 11.5 Å². The van der Waals surface area contributed by atoms with Crippen molar-refractivity contribution in [2.45, 2.75) is 6.92 Å². The number of benzene rings is 2. The smallest absolute Gasteiger partial charge is 0.227 e. The molecule has 0 saturated carbocycles. The van der Waals surface area contributed by atoms with Crippen LogP contribution in [-0.2, 0) is 0 Å². The predicted molar refractivity (Wildman–Crippen MR) is 87.1 cm³/mol. The molecule has 2 aromatic carbocycles. The van der Waals surface area contributed by atoms with Crippen LogP contribution in [0.4, 0.5) is 11.6 Å². The van der Waals surface area contributed by atoms with Gasteiger partial charge in [0.2, 0.25) is 5.95 Å². The van der Waals surface area contributed by atoms with Gasteiger partial charge in [0.15, 0.2) is 11.5 Å². The van der Waals surface area contributed by atoms with E-state index in [0.29, 0.717) is 17.4 Å². The molecule has 0 aliphatic rings. The topological polar surface area (TPSA) is 56.3 Å². The van der Waals surface area contributed by atoms with Crippen molar-refractivity contribution in [2.75, 3.05) is 19.5 Å². The number of nitrogens with one attached hydrogen (secondary N) is 1. The summed E-state index contributed by atoms with van der Waals surface area (Å²) in [7, 11) is 3.22. The van der Waals surface area contributed by atoms with E-state index >= 15 is 0 Å². The van der Waals surface area contributed by atoms with E-state index in [2.05, 4.69) is 22.2 Å². The minimum Gasteiger partial charge on any atom is -0.493 e. The first-order valence-electron chi connectivity index (χ1n) is 6.92. The number of hydrogen-bond donors (Lipinski definition) is 1. The molecule has 0 atom stereocenters. The standard InChI is InChI=1S/C17H17N3O2/c1-11-4-6-13(7-5-11)19-17-18-10-12-8-15(21-2)16(22-3)9-14(12)20-17/h4-10H,1-3H3,(H,18,19,20). The lowest BCUT2D eigenvalue weighted by atomic mass is 10.2. The first-order chi connectivity index (χ1) is 10.7. The lowest BCUT2D eigenvalue weighted by Crippen LogP contribution is -1.98. The zero-order valence-electron chi connectivity index (χ0n) is 12.8. The van der Waals surface area contributed by atoms with Crippen LogP contribution in [0.25, 0.3) is 10.9 Å². The molecule has 5 nitrogen and oxygen atoms in total. The number of hydrogen-bond acceptors (Lipinski definition) is 5. The Morgan fingerprint density at radius 1 is 0.955 bits per heavy atom. The molecule has 0 amide bonds. The second-order valence-electron chi connectivity index (χ2n) is 4.95. The molecule has 5 heteroatoms. The highest BCUT2D eigenvalue weighted by molar-refractivity contribution is 5.83.